The van der Waals surface area contributed by atoms with Gasteiger partial charge >= 0.3 is 5.76 Å². The second kappa shape index (κ2) is 8.67. The van der Waals surface area contributed by atoms with Gasteiger partial charge in [0.15, 0.2) is 11.4 Å². The summed E-state index contributed by atoms with van der Waals surface area (Å²) in [5.41, 5.74) is 0.172. The first-order valence-corrected chi connectivity index (χ1v) is 11.6. The third-order valence-electron chi connectivity index (χ3n) is 5.52. The maximum Gasteiger partial charge on any atom is 0.420 e. The van der Waals surface area contributed by atoms with E-state index >= 15 is 0 Å². The fourth-order valence-corrected chi connectivity index (χ4v) is 5.35. The van der Waals surface area contributed by atoms with E-state index in [1.807, 2.05) is 0 Å². The molecule has 1 fully saturated rings. The van der Waals surface area contributed by atoms with Crippen molar-refractivity contribution in [1.29, 1.82) is 0 Å². The number of ketones is 1. The zero-order chi connectivity index (χ0) is 22.9. The monoisotopic (exact) mass is 459 g/mol. The van der Waals surface area contributed by atoms with E-state index in [9.17, 15) is 28.1 Å². The number of carbonyl (C=O) groups is 1. The van der Waals surface area contributed by atoms with Crippen LogP contribution in [0.2, 0.25) is 0 Å². The zero-order valence-electron chi connectivity index (χ0n) is 17.1. The zero-order valence-corrected chi connectivity index (χ0v) is 17.9. The van der Waals surface area contributed by atoms with Gasteiger partial charge in [-0.1, -0.05) is 25.0 Å². The quantitative estimate of drug-likeness (QED) is 0.314. The van der Waals surface area contributed by atoms with Gasteiger partial charge in [-0.05, 0) is 25.0 Å². The van der Waals surface area contributed by atoms with Gasteiger partial charge in [-0.25, -0.2) is 13.2 Å². The van der Waals surface area contributed by atoms with Gasteiger partial charge < -0.3 is 4.42 Å². The molecule has 0 amide bonds. The lowest BCUT2D eigenvalue weighted by molar-refractivity contribution is -0.384. The number of non-ortho nitro benzene ring substituents is 1. The smallest absolute Gasteiger partial charge is 0.408 e. The molecule has 0 unspecified atom stereocenters. The van der Waals surface area contributed by atoms with Crippen molar-refractivity contribution in [2.45, 2.75) is 37.1 Å². The van der Waals surface area contributed by atoms with Crippen LogP contribution in [-0.2, 0) is 16.6 Å². The molecule has 2 aromatic carbocycles. The van der Waals surface area contributed by atoms with Crippen LogP contribution in [0.4, 0.5) is 5.69 Å². The fourth-order valence-electron chi connectivity index (χ4n) is 3.82. The molecule has 1 aromatic heterocycles. The van der Waals surface area contributed by atoms with Gasteiger partial charge in [0.2, 0.25) is 10.0 Å². The number of carbonyl (C=O) groups excluding carboxylic acids is 1. The van der Waals surface area contributed by atoms with Gasteiger partial charge in [-0.3, -0.25) is 19.5 Å². The Kier molecular flexibility index (Phi) is 5.94. The van der Waals surface area contributed by atoms with Crippen molar-refractivity contribution in [3.05, 3.63) is 68.7 Å². The summed E-state index contributed by atoms with van der Waals surface area (Å²) >= 11 is 0. The van der Waals surface area contributed by atoms with Gasteiger partial charge in [0, 0.05) is 36.9 Å². The van der Waals surface area contributed by atoms with Crippen molar-refractivity contribution in [3.8, 4) is 0 Å². The van der Waals surface area contributed by atoms with E-state index in [1.165, 1.54) is 40.7 Å². The Labute approximate surface area is 183 Å². The van der Waals surface area contributed by atoms with Crippen LogP contribution in [0.3, 0.4) is 0 Å². The minimum atomic E-state index is -3.73. The molecule has 2 heterocycles. The topological polar surface area (TPSA) is 133 Å². The Bertz CT molecular complexity index is 1350. The highest BCUT2D eigenvalue weighted by Gasteiger charge is 2.26. The Morgan fingerprint density at radius 1 is 1.06 bits per heavy atom. The Hall–Kier alpha value is -3.31. The minimum absolute atomic E-state index is 0.0258. The lowest BCUT2D eigenvalue weighted by Crippen LogP contribution is -2.31. The molecule has 0 N–H and O–H groups in total. The van der Waals surface area contributed by atoms with Gasteiger partial charge in [0.05, 0.1) is 21.9 Å². The number of nitrogens with zero attached hydrogens (tertiary/aromatic N) is 3. The van der Waals surface area contributed by atoms with Crippen molar-refractivity contribution in [1.82, 2.24) is 8.87 Å². The van der Waals surface area contributed by atoms with Crippen molar-refractivity contribution < 1.29 is 22.6 Å². The van der Waals surface area contributed by atoms with E-state index < -0.39 is 33.0 Å². The summed E-state index contributed by atoms with van der Waals surface area (Å²) in [5, 5.41) is 10.9. The number of Topliss-reactive ketones (excluding diaryl/α,β-unsaturated/α-hetero) is 1. The average Bonchev–Trinajstić information content (AvgIpc) is 2.95. The summed E-state index contributed by atoms with van der Waals surface area (Å²) < 4.78 is 33.8. The van der Waals surface area contributed by atoms with Gasteiger partial charge in [0.25, 0.3) is 5.69 Å². The fraction of sp³-hybridized carbons (Fsp3) is 0.333. The van der Waals surface area contributed by atoms with Crippen molar-refractivity contribution >= 4 is 32.6 Å². The lowest BCUT2D eigenvalue weighted by atomic mass is 10.1. The van der Waals surface area contributed by atoms with Crippen molar-refractivity contribution in [3.63, 3.8) is 0 Å². The molecule has 1 aliphatic heterocycles. The van der Waals surface area contributed by atoms with Crippen LogP contribution in [0.25, 0.3) is 11.1 Å². The highest BCUT2D eigenvalue weighted by atomic mass is 32.2. The minimum Gasteiger partial charge on any atom is -0.408 e. The van der Waals surface area contributed by atoms with E-state index in [-0.39, 0.29) is 27.2 Å². The number of sulfonamides is 1. The first kappa shape index (κ1) is 21.9. The maximum atomic E-state index is 13.0. The number of benzene rings is 2. The third-order valence-corrected chi connectivity index (χ3v) is 7.42. The summed E-state index contributed by atoms with van der Waals surface area (Å²) in [5.74, 6) is -1.33. The molecule has 1 saturated heterocycles. The Morgan fingerprint density at radius 3 is 2.47 bits per heavy atom. The lowest BCUT2D eigenvalue weighted by Gasteiger charge is -2.19. The predicted octanol–water partition coefficient (Wildman–Crippen LogP) is 2.95. The number of nitro benzene ring substituents is 1. The molecule has 0 bridgehead atoms. The highest BCUT2D eigenvalue weighted by Crippen LogP contribution is 2.24. The largest absolute Gasteiger partial charge is 0.420 e. The second-order valence-corrected chi connectivity index (χ2v) is 9.57. The molecule has 32 heavy (non-hydrogen) atoms. The molecule has 0 atom stereocenters. The molecule has 0 spiro atoms. The van der Waals surface area contributed by atoms with E-state index in [1.54, 1.807) is 0 Å². The summed E-state index contributed by atoms with van der Waals surface area (Å²) in [7, 11) is -3.73. The van der Waals surface area contributed by atoms with Crippen LogP contribution in [0.5, 0.6) is 0 Å². The SMILES string of the molecule is O=C(Cn1c(=O)oc2cc(S(=O)(=O)N3CCCCCC3)ccc21)c1cccc([N+](=O)[O-])c1. The molecule has 0 saturated carbocycles. The summed E-state index contributed by atoms with van der Waals surface area (Å²) in [6.45, 7) is 0.497. The molecule has 168 valence electrons. The summed E-state index contributed by atoms with van der Waals surface area (Å²) in [6, 6.07) is 9.35. The third kappa shape index (κ3) is 4.21. The highest BCUT2D eigenvalue weighted by molar-refractivity contribution is 7.89. The molecule has 10 nitrogen and oxygen atoms in total. The van der Waals surface area contributed by atoms with Crippen LogP contribution in [0, 0.1) is 10.1 Å². The summed E-state index contributed by atoms with van der Waals surface area (Å²) in [4.78, 5) is 35.3. The van der Waals surface area contributed by atoms with E-state index in [0.717, 1.165) is 36.3 Å². The number of rotatable bonds is 6. The van der Waals surface area contributed by atoms with Gasteiger partial charge in [0.1, 0.15) is 0 Å². The molecule has 0 aliphatic carbocycles. The normalized spacial score (nSPS) is 15.5. The van der Waals surface area contributed by atoms with Crippen LogP contribution < -0.4 is 5.76 Å². The first-order valence-electron chi connectivity index (χ1n) is 10.2. The second-order valence-electron chi connectivity index (χ2n) is 7.63. The molecule has 11 heteroatoms. The summed E-state index contributed by atoms with van der Waals surface area (Å²) in [6.07, 6.45) is 3.57. The van der Waals surface area contributed by atoms with Crippen LogP contribution in [0.15, 0.2) is 56.6 Å². The molecule has 0 radical (unpaired) electrons. The van der Waals surface area contributed by atoms with Crippen LogP contribution in [0.1, 0.15) is 36.0 Å². The van der Waals surface area contributed by atoms with Crippen LogP contribution in [-0.4, -0.2) is 41.1 Å². The predicted molar refractivity (Wildman–Crippen MR) is 115 cm³/mol. The Morgan fingerprint density at radius 2 is 1.78 bits per heavy atom. The van der Waals surface area contributed by atoms with Crippen molar-refractivity contribution in [2.24, 2.45) is 0 Å². The number of fused-ring (bicyclic) bond motifs is 1. The van der Waals surface area contributed by atoms with E-state index in [4.69, 9.17) is 4.42 Å². The Balaban J connectivity index is 1.64. The van der Waals surface area contributed by atoms with E-state index in [0.29, 0.717) is 13.1 Å². The molecule has 3 aromatic rings. The molecular weight excluding hydrogens is 438 g/mol. The number of aromatic nitrogens is 1. The number of oxazole rings is 1. The number of nitro groups is 1. The average molecular weight is 459 g/mol. The molecular formula is C21H21N3O7S. The standard InChI is InChI=1S/C21H21N3O7S/c25-19(15-6-5-7-16(12-15)24(27)28)14-23-18-9-8-17(13-20(18)31-21(23)26)32(29,30)22-10-3-1-2-4-11-22/h5-9,12-13H,1-4,10-11,14H2. The molecule has 4 rings (SSSR count). The molecule has 1 aliphatic rings. The first-order chi connectivity index (χ1) is 15.3. The van der Waals surface area contributed by atoms with Crippen molar-refractivity contribution in [2.75, 3.05) is 13.1 Å². The van der Waals surface area contributed by atoms with Gasteiger partial charge in [-0.15, -0.1) is 0 Å². The number of hydrogen-bond donors (Lipinski definition) is 0. The van der Waals surface area contributed by atoms with Crippen LogP contribution >= 0.6 is 0 Å². The van der Waals surface area contributed by atoms with E-state index in [2.05, 4.69) is 0 Å². The van der Waals surface area contributed by atoms with Gasteiger partial charge in [-0.2, -0.15) is 4.31 Å². The number of hydrogen-bond acceptors (Lipinski definition) is 7. The maximum absolute atomic E-state index is 13.0.